The summed E-state index contributed by atoms with van der Waals surface area (Å²) in [6.45, 7) is 1.65. The van der Waals surface area contributed by atoms with E-state index < -0.39 is 58.9 Å². The van der Waals surface area contributed by atoms with Crippen LogP contribution in [-0.4, -0.2) is 69.2 Å². The van der Waals surface area contributed by atoms with Crippen molar-refractivity contribution in [2.45, 2.75) is 25.2 Å². The molecule has 0 fully saturated rings. The molecule has 2 aromatic carbocycles. The molecule has 32 heavy (non-hydrogen) atoms. The zero-order chi connectivity index (χ0) is 23.6. The first-order valence-electron chi connectivity index (χ1n) is 9.78. The maximum Gasteiger partial charge on any atom is 0.343 e. The number of aromatic hydroxyl groups is 2. The first kappa shape index (κ1) is 21.6. The van der Waals surface area contributed by atoms with E-state index in [0.29, 0.717) is 10.9 Å². The van der Waals surface area contributed by atoms with Gasteiger partial charge in [-0.3, -0.25) is 14.5 Å². The molecule has 1 aliphatic heterocycles. The van der Waals surface area contributed by atoms with Crippen molar-refractivity contribution in [1.29, 1.82) is 0 Å². The molecule has 6 N–H and O–H groups in total. The van der Waals surface area contributed by atoms with Crippen molar-refractivity contribution in [1.82, 2.24) is 4.90 Å². The summed E-state index contributed by atoms with van der Waals surface area (Å²) in [5, 5.41) is 43.1. The van der Waals surface area contributed by atoms with Crippen LogP contribution in [0.5, 0.6) is 11.5 Å². The van der Waals surface area contributed by atoms with Crippen LogP contribution in [-0.2, 0) is 14.3 Å². The average molecular weight is 442 g/mol. The minimum Gasteiger partial charge on any atom is -0.510 e. The van der Waals surface area contributed by atoms with Gasteiger partial charge >= 0.3 is 5.97 Å². The summed E-state index contributed by atoms with van der Waals surface area (Å²) in [6, 6.07) is 3.47. The normalized spacial score (nSPS) is 25.4. The zero-order valence-electron chi connectivity index (χ0n) is 17.5. The number of nitrogens with two attached hydrogens (primary N) is 1. The molecule has 2 aliphatic rings. The highest BCUT2D eigenvalue weighted by Crippen LogP contribution is 2.51. The predicted octanol–water partition coefficient (Wildman–Crippen LogP) is 0.558. The number of esters is 1. The Balaban J connectivity index is 1.99. The number of aryl methyl sites for hydroxylation is 1. The van der Waals surface area contributed by atoms with Gasteiger partial charge in [-0.2, -0.15) is 0 Å². The fraction of sp³-hybridized carbons (Fsp3) is 0.318. The maximum atomic E-state index is 12.8. The van der Waals surface area contributed by atoms with Crippen LogP contribution in [0.15, 0.2) is 29.5 Å². The number of nitrogens with zero attached hydrogens (tertiary/aromatic N) is 1. The SMILES string of the molecule is Cc1c2c(c(O)c3c(O)cccc13)C(=O)OC2[C@@H]1[C@H](O)C(=O)C(C(N)=O)=C(O)[C@H]1N(C)C. The number of rotatable bonds is 3. The van der Waals surface area contributed by atoms with E-state index in [2.05, 4.69) is 0 Å². The summed E-state index contributed by atoms with van der Waals surface area (Å²) in [5.41, 5.74) is 5.05. The van der Waals surface area contributed by atoms with Crippen LogP contribution >= 0.6 is 0 Å². The van der Waals surface area contributed by atoms with Gasteiger partial charge in [-0.15, -0.1) is 0 Å². The third-order valence-corrected chi connectivity index (χ3v) is 6.25. The average Bonchev–Trinajstić information content (AvgIpc) is 3.05. The Kier molecular flexibility index (Phi) is 4.87. The van der Waals surface area contributed by atoms with Gasteiger partial charge < -0.3 is 30.9 Å². The van der Waals surface area contributed by atoms with Crippen molar-refractivity contribution in [2.75, 3.05) is 14.1 Å². The van der Waals surface area contributed by atoms with Gasteiger partial charge in [-0.25, -0.2) is 4.79 Å². The molecule has 10 heteroatoms. The van der Waals surface area contributed by atoms with Crippen molar-refractivity contribution in [2.24, 2.45) is 11.7 Å². The van der Waals surface area contributed by atoms with E-state index in [1.54, 1.807) is 33.2 Å². The third-order valence-electron chi connectivity index (χ3n) is 6.25. The first-order valence-corrected chi connectivity index (χ1v) is 9.78. The maximum absolute atomic E-state index is 12.8. The van der Waals surface area contributed by atoms with Gasteiger partial charge in [0.25, 0.3) is 5.91 Å². The molecular weight excluding hydrogens is 420 g/mol. The highest BCUT2D eigenvalue weighted by molar-refractivity contribution is 6.21. The van der Waals surface area contributed by atoms with Gasteiger partial charge in [0, 0.05) is 5.56 Å². The minimum absolute atomic E-state index is 0.0736. The Morgan fingerprint density at radius 3 is 2.41 bits per heavy atom. The molecule has 10 nitrogen and oxygen atoms in total. The number of likely N-dealkylation sites (N-methyl/N-ethyl adjacent to an activating group) is 1. The van der Waals surface area contributed by atoms with Crippen LogP contribution in [0.4, 0.5) is 0 Å². The van der Waals surface area contributed by atoms with Crippen LogP contribution in [0.2, 0.25) is 0 Å². The number of hydrogen-bond acceptors (Lipinski definition) is 9. The molecule has 4 atom stereocenters. The number of primary amides is 1. The smallest absolute Gasteiger partial charge is 0.343 e. The number of ketones is 1. The van der Waals surface area contributed by atoms with Crippen LogP contribution < -0.4 is 5.73 Å². The lowest BCUT2D eigenvalue weighted by Crippen LogP contribution is -2.54. The number of benzene rings is 2. The van der Waals surface area contributed by atoms with Crippen molar-refractivity contribution in [3.63, 3.8) is 0 Å². The largest absolute Gasteiger partial charge is 0.510 e. The number of amides is 1. The Morgan fingerprint density at radius 2 is 1.81 bits per heavy atom. The molecular formula is C22H22N2O8. The lowest BCUT2D eigenvalue weighted by molar-refractivity contribution is -0.136. The quantitative estimate of drug-likeness (QED) is 0.336. The second-order valence-corrected chi connectivity index (χ2v) is 8.21. The fourth-order valence-corrected chi connectivity index (χ4v) is 4.87. The molecule has 1 heterocycles. The Hall–Kier alpha value is -3.63. The molecule has 0 spiro atoms. The van der Waals surface area contributed by atoms with Crippen LogP contribution in [0.25, 0.3) is 10.8 Å². The molecule has 0 aromatic heterocycles. The molecule has 1 unspecified atom stereocenters. The van der Waals surface area contributed by atoms with Gasteiger partial charge in [0.15, 0.2) is 0 Å². The summed E-state index contributed by atoms with van der Waals surface area (Å²) in [5.74, 6) is -5.73. The number of Topliss-reactive ketones (excluding diaryl/α,β-unsaturated/α-hetero) is 1. The van der Waals surface area contributed by atoms with Crippen LogP contribution in [0.1, 0.15) is 27.6 Å². The highest BCUT2D eigenvalue weighted by atomic mass is 16.6. The molecule has 4 rings (SSSR count). The predicted molar refractivity (Wildman–Crippen MR) is 111 cm³/mol. The van der Waals surface area contributed by atoms with Crippen molar-refractivity contribution in [3.05, 3.63) is 46.2 Å². The van der Waals surface area contributed by atoms with Gasteiger partial charge in [-0.05, 0) is 38.0 Å². The highest BCUT2D eigenvalue weighted by Gasteiger charge is 2.54. The molecule has 1 aliphatic carbocycles. The van der Waals surface area contributed by atoms with Gasteiger partial charge in [-0.1, -0.05) is 12.1 Å². The Morgan fingerprint density at radius 1 is 1.16 bits per heavy atom. The number of fused-ring (bicyclic) bond motifs is 2. The van der Waals surface area contributed by atoms with Gasteiger partial charge in [0.2, 0.25) is 5.78 Å². The molecule has 2 aromatic rings. The van der Waals surface area contributed by atoms with Gasteiger partial charge in [0.1, 0.15) is 40.6 Å². The number of phenols is 2. The Labute approximate surface area is 182 Å². The van der Waals surface area contributed by atoms with E-state index in [-0.39, 0.29) is 22.3 Å². The van der Waals surface area contributed by atoms with E-state index in [1.807, 2.05) is 0 Å². The third kappa shape index (κ3) is 2.76. The summed E-state index contributed by atoms with van der Waals surface area (Å²) in [6.07, 6.45) is -3.07. The number of aliphatic hydroxyl groups is 2. The second kappa shape index (κ2) is 7.21. The lowest BCUT2D eigenvalue weighted by Gasteiger charge is -2.40. The number of aliphatic hydroxyl groups excluding tert-OH is 2. The number of cyclic esters (lactones) is 1. The summed E-state index contributed by atoms with van der Waals surface area (Å²) in [4.78, 5) is 38.7. The minimum atomic E-state index is -1.83. The van der Waals surface area contributed by atoms with E-state index in [1.165, 1.54) is 11.0 Å². The van der Waals surface area contributed by atoms with Crippen molar-refractivity contribution in [3.8, 4) is 11.5 Å². The van der Waals surface area contributed by atoms with Crippen molar-refractivity contribution < 1.29 is 39.5 Å². The topological polar surface area (TPSA) is 171 Å². The standard InChI is InChI=1S/C22H22N2O8/c1-7-8-5-4-6-9(25)11(8)16(26)12-10(7)20(32-22(12)31)13-15(24(2)3)17(27)14(21(23)30)19(29)18(13)28/h4-6,13,15,18,20,25-28H,1-3H3,(H2,23,30)/t13-,15-,18-,20?/m0/s1. The van der Waals surface area contributed by atoms with Crippen molar-refractivity contribution >= 4 is 28.4 Å². The molecule has 0 radical (unpaired) electrons. The monoisotopic (exact) mass is 442 g/mol. The van der Waals surface area contributed by atoms with Crippen LogP contribution in [0.3, 0.4) is 0 Å². The fourth-order valence-electron chi connectivity index (χ4n) is 4.87. The summed E-state index contributed by atoms with van der Waals surface area (Å²) >= 11 is 0. The van der Waals surface area contributed by atoms with Gasteiger partial charge in [0.05, 0.1) is 17.3 Å². The first-order chi connectivity index (χ1) is 15.0. The number of carbonyl (C=O) groups is 3. The molecule has 0 saturated carbocycles. The second-order valence-electron chi connectivity index (χ2n) is 8.21. The lowest BCUT2D eigenvalue weighted by atomic mass is 9.74. The van der Waals surface area contributed by atoms with E-state index >= 15 is 0 Å². The van der Waals surface area contributed by atoms with E-state index in [0.717, 1.165) is 0 Å². The Bertz CT molecular complexity index is 1230. The molecule has 0 saturated heterocycles. The van der Waals surface area contributed by atoms with Crippen LogP contribution in [0, 0.1) is 12.8 Å². The number of hydrogen-bond donors (Lipinski definition) is 5. The molecule has 1 amide bonds. The zero-order valence-corrected chi connectivity index (χ0v) is 17.5. The van der Waals surface area contributed by atoms with E-state index in [9.17, 15) is 34.8 Å². The number of carbonyl (C=O) groups excluding carboxylic acids is 3. The number of phenolic OH excluding ortho intramolecular Hbond substituents is 2. The number of ether oxygens (including phenoxy) is 1. The van der Waals surface area contributed by atoms with E-state index in [4.69, 9.17) is 10.5 Å². The summed E-state index contributed by atoms with van der Waals surface area (Å²) in [7, 11) is 3.10. The molecule has 168 valence electrons. The molecule has 0 bridgehead atoms. The summed E-state index contributed by atoms with van der Waals surface area (Å²) < 4.78 is 5.52.